The summed E-state index contributed by atoms with van der Waals surface area (Å²) in [5.41, 5.74) is 30.3. The predicted octanol–water partition coefficient (Wildman–Crippen LogP) is 24.1. The Hall–Kier alpha value is -8.86. The van der Waals surface area contributed by atoms with Crippen LogP contribution in [-0.4, -0.2) is 19.9 Å². The van der Waals surface area contributed by atoms with Crippen LogP contribution < -0.4 is 0 Å². The molecule has 0 spiro atoms. The highest BCUT2D eigenvalue weighted by atomic mass is 14.8. The van der Waals surface area contributed by atoms with Gasteiger partial charge < -0.3 is 9.97 Å². The van der Waals surface area contributed by atoms with Crippen molar-refractivity contribution in [2.75, 3.05) is 0 Å². The summed E-state index contributed by atoms with van der Waals surface area (Å²) in [6, 6.07) is 68.2. The number of benzene rings is 7. The van der Waals surface area contributed by atoms with Crippen LogP contribution in [0.5, 0.6) is 0 Å². The topological polar surface area (TPSA) is 57.4 Å². The van der Waals surface area contributed by atoms with Crippen LogP contribution in [0.15, 0.2) is 182 Å². The molecular weight excluding hydrogens is 1090 g/mol. The Balaban J connectivity index is 1.15. The van der Waals surface area contributed by atoms with Crippen LogP contribution in [0, 0.1) is 0 Å². The highest BCUT2D eigenvalue weighted by molar-refractivity contribution is 6.00. The standard InChI is InChI=1S/C86H90N4/c1-81(2,3)63-44-60(45-64(50-63)82(4,5)6)78-71-38-36-69(87-71)77(59-34-32-58(33-35-59)57-30-28-56(29-31-57)55-26-24-54(25-27-55)53-22-20-19-21-23-53)70-37-39-72(88-70)79(61-46-65(83(7,8)9)51-66(47-61)84(10,11)12)74-41-43-76(90-74)80(75-42-40-73(78)89-75)62-48-67(85(13,14)15)52-68(49-62)86(16,17)18/h19-52,87,90H,1-18H3. The molecule has 2 N–H and O–H groups in total. The lowest BCUT2D eigenvalue weighted by molar-refractivity contribution is 0.568. The van der Waals surface area contributed by atoms with E-state index in [1.807, 2.05) is 0 Å². The van der Waals surface area contributed by atoms with Crippen molar-refractivity contribution in [1.82, 2.24) is 19.9 Å². The first-order chi connectivity index (χ1) is 42.3. The molecule has 0 amide bonds. The summed E-state index contributed by atoms with van der Waals surface area (Å²) in [6.07, 6.45) is 8.96. The quantitative estimate of drug-likeness (QED) is 0.167. The fourth-order valence-electron chi connectivity index (χ4n) is 12.5. The smallest absolute Gasteiger partial charge is 0.0737 e. The molecule has 8 bridgehead atoms. The zero-order valence-corrected chi connectivity index (χ0v) is 56.5. The maximum atomic E-state index is 5.87. The van der Waals surface area contributed by atoms with E-state index in [9.17, 15) is 0 Å². The van der Waals surface area contributed by atoms with Gasteiger partial charge >= 0.3 is 0 Å². The van der Waals surface area contributed by atoms with E-state index in [0.29, 0.717) is 0 Å². The van der Waals surface area contributed by atoms with Gasteiger partial charge in [0.25, 0.3) is 0 Å². The molecule has 0 saturated heterocycles. The van der Waals surface area contributed by atoms with Gasteiger partial charge in [-0.1, -0.05) is 282 Å². The maximum Gasteiger partial charge on any atom is 0.0737 e. The van der Waals surface area contributed by atoms with Crippen LogP contribution >= 0.6 is 0 Å². The molecular formula is C86H90N4. The number of fused-ring (bicyclic) bond motifs is 8. The van der Waals surface area contributed by atoms with Crippen LogP contribution in [0.2, 0.25) is 0 Å². The van der Waals surface area contributed by atoms with Gasteiger partial charge in [0.2, 0.25) is 0 Å². The Morgan fingerprint density at radius 2 is 0.411 bits per heavy atom. The predicted molar refractivity (Wildman–Crippen MR) is 389 cm³/mol. The molecule has 0 unspecified atom stereocenters. The molecule has 3 aromatic heterocycles. The van der Waals surface area contributed by atoms with Crippen LogP contribution in [-0.2, 0) is 32.5 Å². The number of H-pyrrole nitrogens is 2. The molecule has 0 atom stereocenters. The summed E-state index contributed by atoms with van der Waals surface area (Å²) in [4.78, 5) is 19.9. The van der Waals surface area contributed by atoms with Gasteiger partial charge in [0, 0.05) is 44.3 Å². The molecule has 5 heterocycles. The normalized spacial score (nSPS) is 13.1. The average molecular weight is 1180 g/mol. The van der Waals surface area contributed by atoms with E-state index in [0.717, 1.165) is 100 Å². The third kappa shape index (κ3) is 12.4. The highest BCUT2D eigenvalue weighted by Gasteiger charge is 2.28. The first-order valence-corrected chi connectivity index (χ1v) is 32.4. The number of nitrogens with zero attached hydrogens (tertiary/aromatic N) is 2. The molecule has 90 heavy (non-hydrogen) atoms. The van der Waals surface area contributed by atoms with Crippen molar-refractivity contribution in [3.8, 4) is 77.9 Å². The largest absolute Gasteiger partial charge is 0.354 e. The molecule has 0 fully saturated rings. The van der Waals surface area contributed by atoms with Crippen molar-refractivity contribution < 1.29 is 0 Å². The van der Waals surface area contributed by atoms with Crippen molar-refractivity contribution in [2.45, 2.75) is 157 Å². The van der Waals surface area contributed by atoms with Gasteiger partial charge in [0.15, 0.2) is 0 Å². The lowest BCUT2D eigenvalue weighted by atomic mass is 9.78. The Kier molecular flexibility index (Phi) is 15.4. The molecule has 4 heteroatoms. The number of aromatic nitrogens is 4. The summed E-state index contributed by atoms with van der Waals surface area (Å²) in [5.74, 6) is 0. The number of hydrogen-bond acceptors (Lipinski definition) is 2. The molecule has 10 aromatic rings. The second kappa shape index (κ2) is 22.6. The minimum atomic E-state index is -0.112. The van der Waals surface area contributed by atoms with E-state index < -0.39 is 0 Å². The van der Waals surface area contributed by atoms with Crippen LogP contribution in [0.25, 0.3) is 124 Å². The summed E-state index contributed by atoms with van der Waals surface area (Å²) in [6.45, 7) is 41.8. The Morgan fingerprint density at radius 3 is 0.633 bits per heavy atom. The summed E-state index contributed by atoms with van der Waals surface area (Å²) < 4.78 is 0. The third-order valence-electron chi connectivity index (χ3n) is 18.3. The van der Waals surface area contributed by atoms with E-state index >= 15 is 0 Å². The first kappa shape index (κ1) is 61.4. The average Bonchev–Trinajstić information content (AvgIpc) is 1.58. The Morgan fingerprint density at radius 1 is 0.211 bits per heavy atom. The third-order valence-corrected chi connectivity index (χ3v) is 18.3. The van der Waals surface area contributed by atoms with Crippen LogP contribution in [0.1, 0.15) is 181 Å². The minimum Gasteiger partial charge on any atom is -0.354 e. The second-order valence-electron chi connectivity index (χ2n) is 31.5. The number of hydrogen-bond donors (Lipinski definition) is 2. The van der Waals surface area contributed by atoms with Gasteiger partial charge in [-0.05, 0) is 170 Å². The molecule has 4 nitrogen and oxygen atoms in total. The summed E-state index contributed by atoms with van der Waals surface area (Å²) in [5, 5.41) is 0. The van der Waals surface area contributed by atoms with Gasteiger partial charge in [-0.15, -0.1) is 0 Å². The van der Waals surface area contributed by atoms with Gasteiger partial charge in [-0.2, -0.15) is 0 Å². The number of aromatic amines is 2. The zero-order valence-electron chi connectivity index (χ0n) is 56.5. The van der Waals surface area contributed by atoms with Crippen molar-refractivity contribution in [2.24, 2.45) is 0 Å². The van der Waals surface area contributed by atoms with Crippen molar-refractivity contribution in [3.63, 3.8) is 0 Å². The van der Waals surface area contributed by atoms with Gasteiger partial charge in [-0.25, -0.2) is 9.97 Å². The Bertz CT molecular complexity index is 4460. The monoisotopic (exact) mass is 1180 g/mol. The van der Waals surface area contributed by atoms with Gasteiger partial charge in [-0.3, -0.25) is 0 Å². The molecule has 0 aliphatic carbocycles. The van der Waals surface area contributed by atoms with E-state index in [-0.39, 0.29) is 32.5 Å². The van der Waals surface area contributed by atoms with E-state index in [2.05, 4.69) is 341 Å². The number of rotatable bonds is 7. The van der Waals surface area contributed by atoms with Gasteiger partial charge in [0.1, 0.15) is 0 Å². The Labute approximate surface area is 536 Å². The van der Waals surface area contributed by atoms with E-state index in [1.165, 1.54) is 55.6 Å². The molecule has 454 valence electrons. The number of nitrogens with one attached hydrogen (secondary N) is 2. The minimum absolute atomic E-state index is 0.109. The molecule has 12 rings (SSSR count). The lowest BCUT2D eigenvalue weighted by Crippen LogP contribution is -2.16. The SMILES string of the molecule is CC(C)(C)c1cc(-c2c3nc(c(-c4cc(C(C)(C)C)cc(C(C)(C)C)c4)c4ccc([nH]4)c(-c4cc(C(C)(C)C)cc(C(C)(C)C)c4)c4nc(c(-c5ccc(-c6ccc(-c7ccc(-c8ccccc8)cc7)cc6)cc5)c5ccc2[nH]5)C=C4)C=C3)cc(C(C)(C)C)c1. The maximum absolute atomic E-state index is 5.87. The molecule has 7 aromatic carbocycles. The lowest BCUT2D eigenvalue weighted by Gasteiger charge is -2.26. The van der Waals surface area contributed by atoms with Crippen LogP contribution in [0.3, 0.4) is 0 Å². The van der Waals surface area contributed by atoms with Crippen molar-refractivity contribution >= 4 is 46.4 Å². The van der Waals surface area contributed by atoms with E-state index in [4.69, 9.17) is 9.97 Å². The van der Waals surface area contributed by atoms with Crippen molar-refractivity contribution in [3.05, 3.63) is 238 Å². The fourth-order valence-corrected chi connectivity index (χ4v) is 12.5. The summed E-state index contributed by atoms with van der Waals surface area (Å²) >= 11 is 0. The summed E-state index contributed by atoms with van der Waals surface area (Å²) in [7, 11) is 0. The second-order valence-corrected chi connectivity index (χ2v) is 31.5. The first-order valence-electron chi connectivity index (χ1n) is 32.4. The van der Waals surface area contributed by atoms with Crippen LogP contribution in [0.4, 0.5) is 0 Å². The molecule has 0 saturated carbocycles. The highest BCUT2D eigenvalue weighted by Crippen LogP contribution is 2.44. The fraction of sp³-hybridized carbons (Fsp3) is 0.279. The molecule has 2 aliphatic heterocycles. The van der Waals surface area contributed by atoms with Crippen molar-refractivity contribution in [1.29, 1.82) is 0 Å². The molecule has 0 radical (unpaired) electrons. The molecule has 2 aliphatic rings. The zero-order chi connectivity index (χ0) is 64.0. The van der Waals surface area contributed by atoms with Gasteiger partial charge in [0.05, 0.1) is 22.8 Å². The van der Waals surface area contributed by atoms with E-state index in [1.54, 1.807) is 0 Å².